The minimum atomic E-state index is -1.30. The highest BCUT2D eigenvalue weighted by Gasteiger charge is 2.26. The Morgan fingerprint density at radius 2 is 1.92 bits per heavy atom. The number of urea groups is 1. The van der Waals surface area contributed by atoms with E-state index in [4.69, 9.17) is 4.74 Å². The summed E-state index contributed by atoms with van der Waals surface area (Å²) in [5.41, 5.74) is 1.04. The van der Waals surface area contributed by atoms with Gasteiger partial charge >= 0.3 is 16.9 Å². The summed E-state index contributed by atoms with van der Waals surface area (Å²) in [4.78, 5) is 47.7. The molecule has 0 radical (unpaired) electrons. The van der Waals surface area contributed by atoms with Crippen LogP contribution in [0.1, 0.15) is 24.3 Å². The molecule has 0 aliphatic rings. The van der Waals surface area contributed by atoms with Gasteiger partial charge in [-0.3, -0.25) is 24.3 Å². The highest BCUT2D eigenvalue weighted by atomic mass is 32.1. The molecule has 0 saturated carbocycles. The first-order chi connectivity index (χ1) is 12.4. The minimum Gasteiger partial charge on any atom is -0.446 e. The van der Waals surface area contributed by atoms with Gasteiger partial charge in [0.15, 0.2) is 0 Å². The third-order valence-corrected chi connectivity index (χ3v) is 4.31. The molecule has 1 aromatic heterocycles. The number of nitrogens with zero attached hydrogens (tertiary/aromatic N) is 1. The Hall–Kier alpha value is -2.94. The number of hydrogen-bond donors (Lipinski definition) is 2. The minimum absolute atomic E-state index is 0.289. The monoisotopic (exact) mass is 377 g/mol. The van der Waals surface area contributed by atoms with Crippen molar-refractivity contribution in [2.75, 3.05) is 6.54 Å². The maximum absolute atomic E-state index is 12.4. The Kier molecular flexibility index (Phi) is 6.67. The van der Waals surface area contributed by atoms with Crippen LogP contribution in [0.15, 0.2) is 40.5 Å². The van der Waals surface area contributed by atoms with E-state index in [-0.39, 0.29) is 11.4 Å². The molecule has 1 heterocycles. The largest absolute Gasteiger partial charge is 0.446 e. The predicted molar refractivity (Wildman–Crippen MR) is 95.8 cm³/mol. The highest BCUT2D eigenvalue weighted by Crippen LogP contribution is 2.18. The number of carbonyl (C=O) groups is 3. The molecule has 3 amide bonds. The number of nitrogens with one attached hydrogen (secondary N) is 2. The molecule has 8 nitrogen and oxygen atoms in total. The maximum atomic E-state index is 12.4. The van der Waals surface area contributed by atoms with Crippen molar-refractivity contribution in [1.82, 2.24) is 15.2 Å². The van der Waals surface area contributed by atoms with E-state index < -0.39 is 24.0 Å². The molecule has 26 heavy (non-hydrogen) atoms. The second-order valence-corrected chi connectivity index (χ2v) is 6.18. The molecule has 1 aromatic carbocycles. The van der Waals surface area contributed by atoms with Gasteiger partial charge in [0, 0.05) is 23.2 Å². The van der Waals surface area contributed by atoms with Gasteiger partial charge < -0.3 is 10.1 Å². The standard InChI is InChI=1S/C17H19N3O5S/c1-3-18-16(23)19-15(22)14(12-7-5-4-6-8-12)25-13(21)9-20-11(2)10-26-17(20)24/h4-8,10,14H,3,9H2,1-2H3,(H2,18,19,22,23)/t14-/m1/s1. The van der Waals surface area contributed by atoms with E-state index >= 15 is 0 Å². The van der Waals surface area contributed by atoms with Gasteiger partial charge in [-0.2, -0.15) is 0 Å². The van der Waals surface area contributed by atoms with E-state index in [1.165, 1.54) is 4.57 Å². The summed E-state index contributed by atoms with van der Waals surface area (Å²) in [6.07, 6.45) is -1.30. The molecule has 0 unspecified atom stereocenters. The molecule has 2 N–H and O–H groups in total. The SMILES string of the molecule is CCNC(=O)NC(=O)[C@H](OC(=O)Cn1c(C)csc1=O)c1ccccc1. The third-order valence-electron chi connectivity index (χ3n) is 3.43. The van der Waals surface area contributed by atoms with Gasteiger partial charge in [0.25, 0.3) is 5.91 Å². The normalized spacial score (nSPS) is 11.5. The predicted octanol–water partition coefficient (Wildman–Crippen LogP) is 1.35. The second kappa shape index (κ2) is 8.95. The zero-order chi connectivity index (χ0) is 19.1. The molecule has 0 aliphatic carbocycles. The lowest BCUT2D eigenvalue weighted by Crippen LogP contribution is -2.42. The van der Waals surface area contributed by atoms with Crippen LogP contribution in [0.3, 0.4) is 0 Å². The van der Waals surface area contributed by atoms with Gasteiger partial charge in [-0.1, -0.05) is 41.7 Å². The van der Waals surface area contributed by atoms with Crippen LogP contribution >= 0.6 is 11.3 Å². The van der Waals surface area contributed by atoms with E-state index in [1.54, 1.807) is 49.6 Å². The zero-order valence-corrected chi connectivity index (χ0v) is 15.2. The zero-order valence-electron chi connectivity index (χ0n) is 14.4. The summed E-state index contributed by atoms with van der Waals surface area (Å²) in [5, 5.41) is 6.20. The van der Waals surface area contributed by atoms with E-state index in [0.717, 1.165) is 11.3 Å². The fraction of sp³-hybridized carbons (Fsp3) is 0.294. The number of amides is 3. The van der Waals surface area contributed by atoms with Crippen LogP contribution in [0.4, 0.5) is 4.79 Å². The van der Waals surface area contributed by atoms with Crippen molar-refractivity contribution in [3.63, 3.8) is 0 Å². The summed E-state index contributed by atoms with van der Waals surface area (Å²) >= 11 is 0.976. The summed E-state index contributed by atoms with van der Waals surface area (Å²) in [7, 11) is 0. The molecule has 0 bridgehead atoms. The van der Waals surface area contributed by atoms with Crippen LogP contribution in [0, 0.1) is 6.92 Å². The average molecular weight is 377 g/mol. The maximum Gasteiger partial charge on any atom is 0.327 e. The lowest BCUT2D eigenvalue weighted by molar-refractivity contribution is -0.156. The van der Waals surface area contributed by atoms with Crippen molar-refractivity contribution < 1.29 is 19.1 Å². The fourth-order valence-electron chi connectivity index (χ4n) is 2.18. The van der Waals surface area contributed by atoms with Crippen LogP contribution < -0.4 is 15.5 Å². The highest BCUT2D eigenvalue weighted by molar-refractivity contribution is 7.07. The Morgan fingerprint density at radius 3 is 2.50 bits per heavy atom. The lowest BCUT2D eigenvalue weighted by Gasteiger charge is -2.18. The molecular formula is C17H19N3O5S. The summed E-state index contributed by atoms with van der Waals surface area (Å²) in [6.45, 7) is 3.43. The number of rotatable bonds is 6. The van der Waals surface area contributed by atoms with Crippen LogP contribution in [-0.2, 0) is 20.9 Å². The third kappa shape index (κ3) is 5.03. The summed E-state index contributed by atoms with van der Waals surface area (Å²) in [6, 6.07) is 7.65. The van der Waals surface area contributed by atoms with Gasteiger partial charge in [-0.25, -0.2) is 4.79 Å². The number of hydrogen-bond acceptors (Lipinski definition) is 6. The molecular weight excluding hydrogens is 358 g/mol. The van der Waals surface area contributed by atoms with Crippen LogP contribution in [0.5, 0.6) is 0 Å². The van der Waals surface area contributed by atoms with E-state index in [0.29, 0.717) is 17.8 Å². The smallest absolute Gasteiger partial charge is 0.327 e. The lowest BCUT2D eigenvalue weighted by atomic mass is 10.1. The van der Waals surface area contributed by atoms with Crippen molar-refractivity contribution >= 4 is 29.2 Å². The number of benzene rings is 1. The summed E-state index contributed by atoms with van der Waals surface area (Å²) < 4.78 is 6.54. The number of aromatic nitrogens is 1. The molecule has 0 saturated heterocycles. The molecule has 138 valence electrons. The first kappa shape index (κ1) is 19.4. The van der Waals surface area contributed by atoms with Crippen LogP contribution in [-0.4, -0.2) is 29.0 Å². The molecule has 9 heteroatoms. The van der Waals surface area contributed by atoms with Crippen LogP contribution in [0.2, 0.25) is 0 Å². The number of thiazole rings is 1. The van der Waals surface area contributed by atoms with Gasteiger partial charge in [0.2, 0.25) is 6.10 Å². The van der Waals surface area contributed by atoms with Crippen molar-refractivity contribution in [2.45, 2.75) is 26.5 Å². The molecule has 2 aromatic rings. The second-order valence-electron chi connectivity index (χ2n) is 5.36. The fourth-order valence-corrected chi connectivity index (χ4v) is 2.91. The Labute approximate surface area is 153 Å². The Morgan fingerprint density at radius 1 is 1.23 bits per heavy atom. The molecule has 0 aliphatic heterocycles. The van der Waals surface area contributed by atoms with Crippen molar-refractivity contribution in [1.29, 1.82) is 0 Å². The first-order valence-electron chi connectivity index (χ1n) is 7.90. The Bertz CT molecular complexity index is 844. The molecule has 2 rings (SSSR count). The van der Waals surface area contributed by atoms with Crippen LogP contribution in [0.25, 0.3) is 0 Å². The first-order valence-corrected chi connectivity index (χ1v) is 8.78. The van der Waals surface area contributed by atoms with Crippen molar-refractivity contribution in [2.24, 2.45) is 0 Å². The van der Waals surface area contributed by atoms with Gasteiger partial charge in [0.1, 0.15) is 6.54 Å². The summed E-state index contributed by atoms with van der Waals surface area (Å²) in [5.74, 6) is -1.53. The molecule has 0 fully saturated rings. The number of carbonyl (C=O) groups excluding carboxylic acids is 3. The van der Waals surface area contributed by atoms with Gasteiger partial charge in [-0.15, -0.1) is 0 Å². The number of imide groups is 1. The quantitative estimate of drug-likeness (QED) is 0.739. The number of ether oxygens (including phenoxy) is 1. The van der Waals surface area contributed by atoms with Crippen molar-refractivity contribution in [3.8, 4) is 0 Å². The van der Waals surface area contributed by atoms with E-state index in [2.05, 4.69) is 10.6 Å². The molecule has 1 atom stereocenters. The Balaban J connectivity index is 2.16. The van der Waals surface area contributed by atoms with Gasteiger partial charge in [-0.05, 0) is 13.8 Å². The average Bonchev–Trinajstić information content (AvgIpc) is 2.92. The van der Waals surface area contributed by atoms with E-state index in [1.807, 2.05) is 0 Å². The molecule has 0 spiro atoms. The van der Waals surface area contributed by atoms with Gasteiger partial charge in [0.05, 0.1) is 0 Å². The topological polar surface area (TPSA) is 106 Å². The van der Waals surface area contributed by atoms with Crippen molar-refractivity contribution in [3.05, 3.63) is 56.6 Å². The number of aryl methyl sites for hydroxylation is 1. The number of esters is 1. The van der Waals surface area contributed by atoms with E-state index in [9.17, 15) is 19.2 Å².